The number of rotatable bonds is 2. The minimum absolute atomic E-state index is 0.158. The SMILES string of the molecule is CC(C)OC(=O)N(C)c1cccc(C#N)c1. The highest BCUT2D eigenvalue weighted by Gasteiger charge is 2.13. The predicted octanol–water partition coefficient (Wildman–Crippen LogP) is 2.54. The lowest BCUT2D eigenvalue weighted by atomic mass is 10.2. The molecule has 0 fully saturated rings. The van der Waals surface area contributed by atoms with Crippen molar-refractivity contribution in [3.05, 3.63) is 29.8 Å². The van der Waals surface area contributed by atoms with Crippen LogP contribution >= 0.6 is 0 Å². The number of ether oxygens (including phenoxy) is 1. The van der Waals surface area contributed by atoms with Crippen molar-refractivity contribution in [1.29, 1.82) is 5.26 Å². The fraction of sp³-hybridized carbons (Fsp3) is 0.333. The van der Waals surface area contributed by atoms with Gasteiger partial charge in [-0.2, -0.15) is 5.26 Å². The fourth-order valence-electron chi connectivity index (χ4n) is 1.17. The first kappa shape index (κ1) is 12.1. The number of carbonyl (C=O) groups is 1. The number of hydrogen-bond donors (Lipinski definition) is 0. The minimum Gasteiger partial charge on any atom is -0.446 e. The Morgan fingerprint density at radius 2 is 2.19 bits per heavy atom. The summed E-state index contributed by atoms with van der Waals surface area (Å²) in [5.41, 5.74) is 1.16. The second-order valence-electron chi connectivity index (χ2n) is 3.65. The van der Waals surface area contributed by atoms with E-state index >= 15 is 0 Å². The quantitative estimate of drug-likeness (QED) is 0.766. The number of carbonyl (C=O) groups excluding carboxylic acids is 1. The van der Waals surface area contributed by atoms with Gasteiger partial charge in [-0.25, -0.2) is 4.79 Å². The van der Waals surface area contributed by atoms with Crippen LogP contribution in [0.3, 0.4) is 0 Å². The Bertz CT molecular complexity index is 421. The molecule has 0 N–H and O–H groups in total. The highest BCUT2D eigenvalue weighted by atomic mass is 16.6. The van der Waals surface area contributed by atoms with Crippen LogP contribution in [0.15, 0.2) is 24.3 Å². The Labute approximate surface area is 95.0 Å². The van der Waals surface area contributed by atoms with Gasteiger partial charge in [0.2, 0.25) is 0 Å². The molecule has 84 valence electrons. The van der Waals surface area contributed by atoms with Crippen molar-refractivity contribution in [3.8, 4) is 6.07 Å². The summed E-state index contributed by atoms with van der Waals surface area (Å²) >= 11 is 0. The number of benzene rings is 1. The van der Waals surface area contributed by atoms with E-state index in [9.17, 15) is 4.79 Å². The van der Waals surface area contributed by atoms with Gasteiger partial charge in [0.1, 0.15) is 0 Å². The van der Waals surface area contributed by atoms with E-state index in [2.05, 4.69) is 0 Å². The van der Waals surface area contributed by atoms with Gasteiger partial charge in [0.25, 0.3) is 0 Å². The van der Waals surface area contributed by atoms with Crippen LogP contribution in [-0.4, -0.2) is 19.2 Å². The summed E-state index contributed by atoms with van der Waals surface area (Å²) in [6.45, 7) is 3.58. The summed E-state index contributed by atoms with van der Waals surface area (Å²) in [4.78, 5) is 13.0. The van der Waals surface area contributed by atoms with Crippen LogP contribution in [0.1, 0.15) is 19.4 Å². The van der Waals surface area contributed by atoms with Crippen molar-refractivity contribution in [1.82, 2.24) is 0 Å². The molecule has 0 aliphatic rings. The second-order valence-corrected chi connectivity index (χ2v) is 3.65. The van der Waals surface area contributed by atoms with Gasteiger partial charge in [0.05, 0.1) is 17.7 Å². The normalized spacial score (nSPS) is 9.69. The molecule has 1 amide bonds. The molecule has 0 heterocycles. The van der Waals surface area contributed by atoms with E-state index in [-0.39, 0.29) is 6.10 Å². The number of hydrogen-bond acceptors (Lipinski definition) is 3. The topological polar surface area (TPSA) is 53.3 Å². The van der Waals surface area contributed by atoms with Crippen LogP contribution < -0.4 is 4.90 Å². The smallest absolute Gasteiger partial charge is 0.414 e. The lowest BCUT2D eigenvalue weighted by molar-refractivity contribution is 0.124. The molecule has 0 spiro atoms. The summed E-state index contributed by atoms with van der Waals surface area (Å²) in [7, 11) is 1.61. The zero-order valence-corrected chi connectivity index (χ0v) is 9.60. The standard InChI is InChI=1S/C12H14N2O2/c1-9(2)16-12(15)14(3)11-6-4-5-10(7-11)8-13/h4-7,9H,1-3H3. The van der Waals surface area contributed by atoms with Gasteiger partial charge in [0.15, 0.2) is 0 Å². The van der Waals surface area contributed by atoms with Gasteiger partial charge in [-0.15, -0.1) is 0 Å². The number of nitriles is 1. The van der Waals surface area contributed by atoms with Crippen molar-refractivity contribution < 1.29 is 9.53 Å². The molecule has 4 nitrogen and oxygen atoms in total. The van der Waals surface area contributed by atoms with Gasteiger partial charge < -0.3 is 4.74 Å². The van der Waals surface area contributed by atoms with Crippen LogP contribution in [-0.2, 0) is 4.74 Å². The first-order chi connectivity index (χ1) is 7.54. The summed E-state index contributed by atoms with van der Waals surface area (Å²) in [5, 5.41) is 8.74. The van der Waals surface area contributed by atoms with Crippen LogP contribution in [0, 0.1) is 11.3 Å². The molecule has 0 unspecified atom stereocenters. The first-order valence-corrected chi connectivity index (χ1v) is 4.99. The number of anilines is 1. The maximum atomic E-state index is 11.6. The number of amides is 1. The Morgan fingerprint density at radius 3 is 2.75 bits per heavy atom. The molecule has 0 aliphatic heterocycles. The third-order valence-corrected chi connectivity index (χ3v) is 1.97. The molecule has 0 bridgehead atoms. The summed E-state index contributed by atoms with van der Waals surface area (Å²) in [6.07, 6.45) is -0.584. The third kappa shape index (κ3) is 2.99. The molecule has 1 aromatic carbocycles. The average molecular weight is 218 g/mol. The summed E-state index contributed by atoms with van der Waals surface area (Å²) in [5.74, 6) is 0. The van der Waals surface area contributed by atoms with Gasteiger partial charge in [0, 0.05) is 12.7 Å². The van der Waals surface area contributed by atoms with E-state index in [1.54, 1.807) is 45.2 Å². The summed E-state index contributed by atoms with van der Waals surface area (Å²) < 4.78 is 5.04. The van der Waals surface area contributed by atoms with Crippen molar-refractivity contribution in [2.75, 3.05) is 11.9 Å². The second kappa shape index (κ2) is 5.17. The molecule has 4 heteroatoms. The van der Waals surface area contributed by atoms with Crippen molar-refractivity contribution in [3.63, 3.8) is 0 Å². The summed E-state index contributed by atoms with van der Waals surface area (Å²) in [6, 6.07) is 8.83. The molecule has 16 heavy (non-hydrogen) atoms. The van der Waals surface area contributed by atoms with E-state index in [1.165, 1.54) is 4.90 Å². The van der Waals surface area contributed by atoms with Gasteiger partial charge >= 0.3 is 6.09 Å². The van der Waals surface area contributed by atoms with E-state index < -0.39 is 6.09 Å². The zero-order valence-electron chi connectivity index (χ0n) is 9.60. The Hall–Kier alpha value is -2.02. The highest BCUT2D eigenvalue weighted by Crippen LogP contribution is 2.15. The molecule has 0 aliphatic carbocycles. The van der Waals surface area contributed by atoms with E-state index in [4.69, 9.17) is 10.00 Å². The van der Waals surface area contributed by atoms with E-state index in [0.29, 0.717) is 11.3 Å². The molecular formula is C12H14N2O2. The lowest BCUT2D eigenvalue weighted by Gasteiger charge is -2.18. The average Bonchev–Trinajstić information content (AvgIpc) is 2.27. The van der Waals surface area contributed by atoms with E-state index in [1.807, 2.05) is 6.07 Å². The highest BCUT2D eigenvalue weighted by molar-refractivity contribution is 5.87. The maximum absolute atomic E-state index is 11.6. The molecule has 0 saturated carbocycles. The predicted molar refractivity (Wildman–Crippen MR) is 61.2 cm³/mol. The lowest BCUT2D eigenvalue weighted by Crippen LogP contribution is -2.29. The van der Waals surface area contributed by atoms with Gasteiger partial charge in [-0.3, -0.25) is 4.90 Å². The Kier molecular flexibility index (Phi) is 3.90. The molecule has 0 radical (unpaired) electrons. The molecule has 0 atom stereocenters. The van der Waals surface area contributed by atoms with Crippen molar-refractivity contribution in [2.24, 2.45) is 0 Å². The Balaban J connectivity index is 2.84. The Morgan fingerprint density at radius 1 is 1.50 bits per heavy atom. The monoisotopic (exact) mass is 218 g/mol. The van der Waals surface area contributed by atoms with E-state index in [0.717, 1.165) is 0 Å². The minimum atomic E-state index is -0.426. The number of nitrogens with zero attached hydrogens (tertiary/aromatic N) is 2. The van der Waals surface area contributed by atoms with Crippen LogP contribution in [0.2, 0.25) is 0 Å². The van der Waals surface area contributed by atoms with Gasteiger partial charge in [-0.1, -0.05) is 6.07 Å². The van der Waals surface area contributed by atoms with Crippen LogP contribution in [0.5, 0.6) is 0 Å². The van der Waals surface area contributed by atoms with Crippen LogP contribution in [0.4, 0.5) is 10.5 Å². The van der Waals surface area contributed by atoms with Crippen molar-refractivity contribution >= 4 is 11.8 Å². The molecule has 0 saturated heterocycles. The molecule has 0 aromatic heterocycles. The molecule has 1 rings (SSSR count). The largest absolute Gasteiger partial charge is 0.446 e. The maximum Gasteiger partial charge on any atom is 0.414 e. The van der Waals surface area contributed by atoms with Gasteiger partial charge in [-0.05, 0) is 32.0 Å². The van der Waals surface area contributed by atoms with Crippen molar-refractivity contribution in [2.45, 2.75) is 20.0 Å². The zero-order chi connectivity index (χ0) is 12.1. The fourth-order valence-corrected chi connectivity index (χ4v) is 1.17. The van der Waals surface area contributed by atoms with Crippen LogP contribution in [0.25, 0.3) is 0 Å². The molecular weight excluding hydrogens is 204 g/mol. The first-order valence-electron chi connectivity index (χ1n) is 4.99. The molecule has 1 aromatic rings. The third-order valence-electron chi connectivity index (χ3n) is 1.97.